The number of rotatable bonds is 1. The van der Waals surface area contributed by atoms with Crippen molar-refractivity contribution in [3.63, 3.8) is 0 Å². The first-order valence-electron chi connectivity index (χ1n) is 4.51. The van der Waals surface area contributed by atoms with Crippen molar-refractivity contribution in [2.75, 3.05) is 5.32 Å². The summed E-state index contributed by atoms with van der Waals surface area (Å²) in [6.07, 6.45) is 0.377. The summed E-state index contributed by atoms with van der Waals surface area (Å²) in [5, 5.41) is 11.4. The summed E-state index contributed by atoms with van der Waals surface area (Å²) in [4.78, 5) is 22.2. The molecule has 5 nitrogen and oxygen atoms in total. The van der Waals surface area contributed by atoms with Crippen LogP contribution < -0.4 is 11.1 Å². The zero-order chi connectivity index (χ0) is 11.0. The van der Waals surface area contributed by atoms with Gasteiger partial charge in [-0.05, 0) is 18.1 Å². The number of fused-ring (bicyclic) bond motifs is 1. The number of hydrogen-bond donors (Lipinski definition) is 3. The standard InChI is InChI=1S/C10H10N2O3/c11-7-4-5-2-1-3-6(10(14)15)8(5)12-9(7)13/h1-3,7H,4,11H2,(H,12,13)(H,14,15)/t7-/m1/s1. The number of hydrogen-bond acceptors (Lipinski definition) is 3. The van der Waals surface area contributed by atoms with E-state index in [9.17, 15) is 9.59 Å². The molecule has 78 valence electrons. The molecule has 1 aliphatic heterocycles. The summed E-state index contributed by atoms with van der Waals surface area (Å²) >= 11 is 0. The number of amides is 1. The average Bonchev–Trinajstić information content (AvgIpc) is 2.18. The molecule has 1 aliphatic rings. The summed E-state index contributed by atoms with van der Waals surface area (Å²) in [6.45, 7) is 0. The van der Waals surface area contributed by atoms with E-state index >= 15 is 0 Å². The Hall–Kier alpha value is -1.88. The van der Waals surface area contributed by atoms with Gasteiger partial charge < -0.3 is 16.2 Å². The van der Waals surface area contributed by atoms with Crippen LogP contribution in [0.2, 0.25) is 0 Å². The summed E-state index contributed by atoms with van der Waals surface area (Å²) in [5.41, 5.74) is 6.80. The van der Waals surface area contributed by atoms with Gasteiger partial charge in [0.05, 0.1) is 17.3 Å². The third-order valence-corrected chi connectivity index (χ3v) is 2.41. The van der Waals surface area contributed by atoms with E-state index < -0.39 is 12.0 Å². The van der Waals surface area contributed by atoms with Crippen molar-refractivity contribution in [3.05, 3.63) is 29.3 Å². The Morgan fingerprint density at radius 3 is 2.93 bits per heavy atom. The van der Waals surface area contributed by atoms with Crippen molar-refractivity contribution < 1.29 is 14.7 Å². The molecule has 5 heteroatoms. The van der Waals surface area contributed by atoms with E-state index in [1.165, 1.54) is 6.07 Å². The summed E-state index contributed by atoms with van der Waals surface area (Å²) < 4.78 is 0. The van der Waals surface area contributed by atoms with Gasteiger partial charge in [-0.1, -0.05) is 12.1 Å². The van der Waals surface area contributed by atoms with E-state index in [1.54, 1.807) is 12.1 Å². The molecule has 1 atom stereocenters. The maximum absolute atomic E-state index is 11.3. The Kier molecular flexibility index (Phi) is 2.17. The summed E-state index contributed by atoms with van der Waals surface area (Å²) in [7, 11) is 0. The molecule has 15 heavy (non-hydrogen) atoms. The van der Waals surface area contributed by atoms with Gasteiger partial charge in [0.2, 0.25) is 5.91 Å². The number of carbonyl (C=O) groups excluding carboxylic acids is 1. The highest BCUT2D eigenvalue weighted by Crippen LogP contribution is 2.26. The van der Waals surface area contributed by atoms with Gasteiger partial charge in [-0.3, -0.25) is 4.79 Å². The molecule has 1 aromatic carbocycles. The molecule has 1 amide bonds. The van der Waals surface area contributed by atoms with Gasteiger partial charge in [-0.2, -0.15) is 0 Å². The molecule has 2 rings (SSSR count). The fourth-order valence-corrected chi connectivity index (χ4v) is 1.64. The quantitative estimate of drug-likeness (QED) is 0.612. The minimum absolute atomic E-state index is 0.104. The van der Waals surface area contributed by atoms with Gasteiger partial charge in [0.25, 0.3) is 0 Å². The molecule has 0 saturated heterocycles. The largest absolute Gasteiger partial charge is 0.478 e. The Labute approximate surface area is 85.9 Å². The van der Waals surface area contributed by atoms with Gasteiger partial charge in [0, 0.05) is 0 Å². The fraction of sp³-hybridized carbons (Fsp3) is 0.200. The van der Waals surface area contributed by atoms with Crippen LogP contribution in [0, 0.1) is 0 Å². The first kappa shape index (κ1) is 9.67. The molecule has 0 aliphatic carbocycles. The molecular weight excluding hydrogens is 196 g/mol. The third kappa shape index (κ3) is 1.57. The van der Waals surface area contributed by atoms with Gasteiger partial charge in [-0.25, -0.2) is 4.79 Å². The highest BCUT2D eigenvalue weighted by atomic mass is 16.4. The first-order chi connectivity index (χ1) is 7.09. The topological polar surface area (TPSA) is 92.4 Å². The van der Waals surface area contributed by atoms with Crippen LogP contribution in [0.3, 0.4) is 0 Å². The molecule has 1 heterocycles. The smallest absolute Gasteiger partial charge is 0.337 e. The van der Waals surface area contributed by atoms with Gasteiger partial charge in [0.15, 0.2) is 0 Å². The average molecular weight is 206 g/mol. The van der Waals surface area contributed by atoms with Gasteiger partial charge >= 0.3 is 5.97 Å². The molecule has 4 N–H and O–H groups in total. The molecule has 0 unspecified atom stereocenters. The number of nitrogens with one attached hydrogen (secondary N) is 1. The van der Waals surface area contributed by atoms with Crippen LogP contribution in [0.5, 0.6) is 0 Å². The van der Waals surface area contributed by atoms with Crippen molar-refractivity contribution in [1.29, 1.82) is 0 Å². The van der Waals surface area contributed by atoms with Crippen LogP contribution in [0.4, 0.5) is 5.69 Å². The number of benzene rings is 1. The summed E-state index contributed by atoms with van der Waals surface area (Å²) in [6, 6.07) is 4.27. The Bertz CT molecular complexity index is 442. The van der Waals surface area contributed by atoms with Crippen molar-refractivity contribution in [2.45, 2.75) is 12.5 Å². The molecule has 0 spiro atoms. The van der Waals surface area contributed by atoms with Gasteiger partial charge in [-0.15, -0.1) is 0 Å². The Balaban J connectivity index is 2.52. The second kappa shape index (κ2) is 3.36. The lowest BCUT2D eigenvalue weighted by Crippen LogP contribution is -2.41. The Morgan fingerprint density at radius 2 is 2.27 bits per heavy atom. The van der Waals surface area contributed by atoms with Crippen LogP contribution in [0.1, 0.15) is 15.9 Å². The van der Waals surface area contributed by atoms with E-state index in [4.69, 9.17) is 10.8 Å². The van der Waals surface area contributed by atoms with Crippen LogP contribution in [0.25, 0.3) is 0 Å². The number of carboxylic acid groups (broad SMARTS) is 1. The molecule has 0 fully saturated rings. The fourth-order valence-electron chi connectivity index (χ4n) is 1.64. The highest BCUT2D eigenvalue weighted by molar-refractivity contribution is 6.04. The van der Waals surface area contributed by atoms with E-state index in [0.29, 0.717) is 12.1 Å². The van der Waals surface area contributed by atoms with Crippen LogP contribution in [0.15, 0.2) is 18.2 Å². The maximum atomic E-state index is 11.3. The predicted molar refractivity (Wildman–Crippen MR) is 53.7 cm³/mol. The zero-order valence-electron chi connectivity index (χ0n) is 7.86. The van der Waals surface area contributed by atoms with Crippen LogP contribution in [-0.4, -0.2) is 23.0 Å². The number of para-hydroxylation sites is 1. The molecule has 0 radical (unpaired) electrons. The van der Waals surface area contributed by atoms with E-state index in [2.05, 4.69) is 5.32 Å². The summed E-state index contributed by atoms with van der Waals surface area (Å²) in [5.74, 6) is -1.39. The second-order valence-electron chi connectivity index (χ2n) is 3.44. The zero-order valence-corrected chi connectivity index (χ0v) is 7.86. The highest BCUT2D eigenvalue weighted by Gasteiger charge is 2.25. The van der Waals surface area contributed by atoms with Crippen molar-refractivity contribution in [3.8, 4) is 0 Å². The minimum atomic E-state index is -1.05. The van der Waals surface area contributed by atoms with E-state index in [0.717, 1.165) is 5.56 Å². The number of anilines is 1. The molecule has 0 aromatic heterocycles. The lowest BCUT2D eigenvalue weighted by molar-refractivity contribution is -0.117. The normalized spacial score (nSPS) is 19.3. The Morgan fingerprint density at radius 1 is 1.53 bits per heavy atom. The number of aromatic carboxylic acids is 1. The van der Waals surface area contributed by atoms with Gasteiger partial charge in [0.1, 0.15) is 0 Å². The van der Waals surface area contributed by atoms with Crippen LogP contribution >= 0.6 is 0 Å². The number of carbonyl (C=O) groups is 2. The van der Waals surface area contributed by atoms with Crippen molar-refractivity contribution in [1.82, 2.24) is 0 Å². The molecule has 0 saturated carbocycles. The lowest BCUT2D eigenvalue weighted by atomic mass is 9.96. The van der Waals surface area contributed by atoms with Crippen molar-refractivity contribution >= 4 is 17.6 Å². The van der Waals surface area contributed by atoms with E-state index in [1.807, 2.05) is 0 Å². The first-order valence-corrected chi connectivity index (χ1v) is 4.51. The minimum Gasteiger partial charge on any atom is -0.478 e. The molecule has 0 bridgehead atoms. The molecular formula is C10H10N2O3. The monoisotopic (exact) mass is 206 g/mol. The third-order valence-electron chi connectivity index (χ3n) is 2.41. The predicted octanol–water partition coefficient (Wildman–Crippen LogP) is 0.207. The van der Waals surface area contributed by atoms with Crippen molar-refractivity contribution in [2.24, 2.45) is 5.73 Å². The lowest BCUT2D eigenvalue weighted by Gasteiger charge is -2.22. The van der Waals surface area contributed by atoms with E-state index in [-0.39, 0.29) is 11.5 Å². The maximum Gasteiger partial charge on any atom is 0.337 e. The van der Waals surface area contributed by atoms with Crippen LogP contribution in [-0.2, 0) is 11.2 Å². The second-order valence-corrected chi connectivity index (χ2v) is 3.44. The molecule has 1 aromatic rings. The number of carboxylic acids is 1. The number of nitrogens with two attached hydrogens (primary N) is 1. The SMILES string of the molecule is N[C@@H]1Cc2cccc(C(=O)O)c2NC1=O.